The number of nitrogens with one attached hydrogen (secondary N) is 1. The minimum Gasteiger partial charge on any atom is -0.378 e. The molecule has 0 radical (unpaired) electrons. The Morgan fingerprint density at radius 2 is 1.91 bits per heavy atom. The third-order valence-corrected chi connectivity index (χ3v) is 5.41. The van der Waals surface area contributed by atoms with Gasteiger partial charge >= 0.3 is 0 Å². The number of ether oxygens (including phenoxy) is 1. The van der Waals surface area contributed by atoms with Gasteiger partial charge in [0.15, 0.2) is 5.82 Å². The molecule has 2 aliphatic heterocycles. The van der Waals surface area contributed by atoms with Gasteiger partial charge in [-0.25, -0.2) is 4.39 Å². The molecule has 0 saturated carbocycles. The van der Waals surface area contributed by atoms with Crippen molar-refractivity contribution >= 4 is 29.4 Å². The summed E-state index contributed by atoms with van der Waals surface area (Å²) in [6, 6.07) is 5.67. The molecule has 2 fully saturated rings. The number of amides is 2. The molecule has 0 bridgehead atoms. The first-order chi connectivity index (χ1) is 15.4. The lowest BCUT2D eigenvalue weighted by molar-refractivity contribution is -0.126. The van der Waals surface area contributed by atoms with Crippen molar-refractivity contribution in [1.82, 2.24) is 20.3 Å². The zero-order valence-corrected chi connectivity index (χ0v) is 18.1. The van der Waals surface area contributed by atoms with Gasteiger partial charge in [0.25, 0.3) is 0 Å². The first kappa shape index (κ1) is 21.9. The normalized spacial score (nSPS) is 18.7. The van der Waals surface area contributed by atoms with Crippen molar-refractivity contribution in [3.8, 4) is 0 Å². The second kappa shape index (κ2) is 9.43. The van der Waals surface area contributed by atoms with Gasteiger partial charge in [-0.15, -0.1) is 0 Å². The molecule has 32 heavy (non-hydrogen) atoms. The predicted octanol–water partition coefficient (Wildman–Crippen LogP) is 0.583. The second-order valence-electron chi connectivity index (χ2n) is 7.95. The summed E-state index contributed by atoms with van der Waals surface area (Å²) < 4.78 is 18.6. The molecule has 2 saturated heterocycles. The van der Waals surface area contributed by atoms with Gasteiger partial charge in [-0.2, -0.15) is 15.0 Å². The summed E-state index contributed by atoms with van der Waals surface area (Å²) in [5.41, 5.74) is 0.579. The highest BCUT2D eigenvalue weighted by atomic mass is 19.1. The van der Waals surface area contributed by atoms with E-state index in [9.17, 15) is 14.0 Å². The number of nitrogens with zero attached hydrogens (tertiary/aromatic N) is 6. The smallest absolute Gasteiger partial charge is 0.230 e. The summed E-state index contributed by atoms with van der Waals surface area (Å²) in [7, 11) is 3.68. The Hall–Kier alpha value is -3.34. The first-order valence-electron chi connectivity index (χ1n) is 10.5. The predicted molar refractivity (Wildman–Crippen MR) is 116 cm³/mol. The minimum absolute atomic E-state index is 0.0996. The molecule has 11 heteroatoms. The van der Waals surface area contributed by atoms with Crippen LogP contribution in [-0.2, 0) is 20.9 Å². The van der Waals surface area contributed by atoms with E-state index in [4.69, 9.17) is 4.74 Å². The van der Waals surface area contributed by atoms with E-state index in [1.165, 1.54) is 29.2 Å². The molecular weight excluding hydrogens is 417 g/mol. The van der Waals surface area contributed by atoms with E-state index in [1.54, 1.807) is 4.90 Å². The average Bonchev–Trinajstić information content (AvgIpc) is 3.20. The number of aromatic nitrogens is 3. The van der Waals surface area contributed by atoms with Crippen LogP contribution in [0.1, 0.15) is 12.2 Å². The highest BCUT2D eigenvalue weighted by Gasteiger charge is 2.35. The number of rotatable bonds is 6. The van der Waals surface area contributed by atoms with E-state index < -0.39 is 5.92 Å². The minimum atomic E-state index is -0.499. The highest BCUT2D eigenvalue weighted by Crippen LogP contribution is 2.25. The molecule has 1 atom stereocenters. The SMILES string of the molecule is CN(C)c1nc(CNC(=O)C2CC(=O)N(c3ccc(F)cc3)C2)nc(N2CCOCC2)n1. The third kappa shape index (κ3) is 4.93. The average molecular weight is 443 g/mol. The largest absolute Gasteiger partial charge is 0.378 e. The van der Waals surface area contributed by atoms with Crippen LogP contribution in [-0.4, -0.2) is 73.7 Å². The van der Waals surface area contributed by atoms with E-state index in [2.05, 4.69) is 20.3 Å². The molecule has 1 aromatic heterocycles. The molecular formula is C21H26FN7O3. The van der Waals surface area contributed by atoms with Gasteiger partial charge in [-0.05, 0) is 24.3 Å². The molecule has 3 heterocycles. The van der Waals surface area contributed by atoms with E-state index in [0.717, 1.165) is 0 Å². The van der Waals surface area contributed by atoms with Crippen molar-refractivity contribution in [2.75, 3.05) is 61.6 Å². The van der Waals surface area contributed by atoms with Crippen molar-refractivity contribution in [3.63, 3.8) is 0 Å². The Kier molecular flexibility index (Phi) is 6.45. The monoisotopic (exact) mass is 443 g/mol. The molecule has 2 aliphatic rings. The summed E-state index contributed by atoms with van der Waals surface area (Å²) in [6.07, 6.45) is 0.0996. The van der Waals surface area contributed by atoms with Gasteiger partial charge in [0.1, 0.15) is 5.82 Å². The van der Waals surface area contributed by atoms with E-state index in [-0.39, 0.29) is 37.1 Å². The van der Waals surface area contributed by atoms with Gasteiger partial charge in [0.05, 0.1) is 25.7 Å². The molecule has 2 aromatic rings. The Morgan fingerprint density at radius 3 is 2.59 bits per heavy atom. The van der Waals surface area contributed by atoms with Crippen molar-refractivity contribution in [2.45, 2.75) is 13.0 Å². The number of hydrogen-bond acceptors (Lipinski definition) is 8. The summed E-state index contributed by atoms with van der Waals surface area (Å²) in [5, 5.41) is 2.85. The van der Waals surface area contributed by atoms with Gasteiger partial charge in [0.2, 0.25) is 23.7 Å². The maximum Gasteiger partial charge on any atom is 0.230 e. The fourth-order valence-corrected chi connectivity index (χ4v) is 3.64. The lowest BCUT2D eigenvalue weighted by Gasteiger charge is -2.27. The number of anilines is 3. The topological polar surface area (TPSA) is 104 Å². The van der Waals surface area contributed by atoms with E-state index >= 15 is 0 Å². The van der Waals surface area contributed by atoms with E-state index in [0.29, 0.717) is 49.7 Å². The molecule has 1 aromatic carbocycles. The molecule has 0 spiro atoms. The van der Waals surface area contributed by atoms with Gasteiger partial charge < -0.3 is 24.8 Å². The van der Waals surface area contributed by atoms with E-state index in [1.807, 2.05) is 19.0 Å². The van der Waals surface area contributed by atoms with Crippen molar-refractivity contribution in [3.05, 3.63) is 35.9 Å². The zero-order valence-electron chi connectivity index (χ0n) is 18.1. The van der Waals surface area contributed by atoms with Crippen LogP contribution in [0.25, 0.3) is 0 Å². The van der Waals surface area contributed by atoms with Crippen LogP contribution in [0.2, 0.25) is 0 Å². The summed E-state index contributed by atoms with van der Waals surface area (Å²) in [6.45, 7) is 2.96. The summed E-state index contributed by atoms with van der Waals surface area (Å²) >= 11 is 0. The molecule has 10 nitrogen and oxygen atoms in total. The molecule has 2 amide bonds. The zero-order chi connectivity index (χ0) is 22.7. The van der Waals surface area contributed by atoms with Crippen molar-refractivity contribution in [2.24, 2.45) is 5.92 Å². The number of carbonyl (C=O) groups is 2. The van der Waals surface area contributed by atoms with Crippen molar-refractivity contribution < 1.29 is 18.7 Å². The quantitative estimate of drug-likeness (QED) is 0.692. The van der Waals surface area contributed by atoms with Gasteiger partial charge in [-0.1, -0.05) is 0 Å². The fourth-order valence-electron chi connectivity index (χ4n) is 3.64. The van der Waals surface area contributed by atoms with Crippen LogP contribution in [0.5, 0.6) is 0 Å². The lowest BCUT2D eigenvalue weighted by atomic mass is 10.1. The van der Waals surface area contributed by atoms with Crippen LogP contribution in [0.3, 0.4) is 0 Å². The standard InChI is InChI=1S/C21H26FN7O3/c1-27(2)20-24-17(25-21(26-20)28-7-9-32-10-8-28)12-23-19(31)14-11-18(30)29(13-14)16-5-3-15(22)4-6-16/h3-6,14H,7-13H2,1-2H3,(H,23,31). The number of benzene rings is 1. The number of hydrogen-bond donors (Lipinski definition) is 1. The second-order valence-corrected chi connectivity index (χ2v) is 7.95. The van der Waals surface area contributed by atoms with Gasteiger partial charge in [-0.3, -0.25) is 9.59 Å². The van der Waals surface area contributed by atoms with Gasteiger partial charge in [0, 0.05) is 45.8 Å². The lowest BCUT2D eigenvalue weighted by Crippen LogP contribution is -2.38. The third-order valence-electron chi connectivity index (χ3n) is 5.41. The molecule has 1 unspecified atom stereocenters. The first-order valence-corrected chi connectivity index (χ1v) is 10.5. The molecule has 0 aliphatic carbocycles. The highest BCUT2D eigenvalue weighted by molar-refractivity contribution is 6.00. The summed E-state index contributed by atoms with van der Waals surface area (Å²) in [5.74, 6) is 0.212. The Labute approximate surface area is 185 Å². The van der Waals surface area contributed by atoms with Crippen LogP contribution in [0, 0.1) is 11.7 Å². The van der Waals surface area contributed by atoms with Crippen LogP contribution in [0.15, 0.2) is 24.3 Å². The Balaban J connectivity index is 1.41. The van der Waals surface area contributed by atoms with Crippen molar-refractivity contribution in [1.29, 1.82) is 0 Å². The Bertz CT molecular complexity index is 980. The van der Waals surface area contributed by atoms with Crippen LogP contribution in [0.4, 0.5) is 22.0 Å². The molecule has 170 valence electrons. The summed E-state index contributed by atoms with van der Waals surface area (Å²) in [4.78, 5) is 43.9. The number of halogens is 1. The number of morpholine rings is 1. The van der Waals surface area contributed by atoms with Crippen LogP contribution >= 0.6 is 0 Å². The van der Waals surface area contributed by atoms with Crippen LogP contribution < -0.4 is 20.0 Å². The molecule has 4 rings (SSSR count). The fraction of sp³-hybridized carbons (Fsp3) is 0.476. The maximum atomic E-state index is 13.2. The number of carbonyl (C=O) groups excluding carboxylic acids is 2. The molecule has 1 N–H and O–H groups in total. The maximum absolute atomic E-state index is 13.2. The Morgan fingerprint density at radius 1 is 1.19 bits per heavy atom.